The first-order chi connectivity index (χ1) is 9.28. The maximum Gasteiger partial charge on any atom is 0.183 e. The van der Waals surface area contributed by atoms with E-state index >= 15 is 0 Å². The van der Waals surface area contributed by atoms with Crippen LogP contribution in [0.15, 0.2) is 12.3 Å². The monoisotopic (exact) mass is 266 g/mol. The molecule has 1 unspecified atom stereocenters. The van der Waals surface area contributed by atoms with Crippen LogP contribution >= 0.6 is 0 Å². The van der Waals surface area contributed by atoms with Gasteiger partial charge in [0.25, 0.3) is 0 Å². The molecule has 0 radical (unpaired) electrons. The highest BCUT2D eigenvalue weighted by Gasteiger charge is 2.23. The summed E-state index contributed by atoms with van der Waals surface area (Å²) in [5, 5.41) is 8.99. The zero-order chi connectivity index (χ0) is 13.7. The lowest BCUT2D eigenvalue weighted by Crippen LogP contribution is -2.21. The SMILES string of the molecule is COc1ccnc(CN2CCC(CCO)C2)c1OC. The van der Waals surface area contributed by atoms with Crippen LogP contribution < -0.4 is 9.47 Å². The molecule has 5 nitrogen and oxygen atoms in total. The Labute approximate surface area is 114 Å². The molecule has 0 aromatic carbocycles. The Hall–Kier alpha value is -1.33. The number of aliphatic hydroxyl groups is 1. The summed E-state index contributed by atoms with van der Waals surface area (Å²) in [4.78, 5) is 6.75. The van der Waals surface area contributed by atoms with Crippen molar-refractivity contribution in [3.8, 4) is 11.5 Å². The number of methoxy groups -OCH3 is 2. The predicted molar refractivity (Wildman–Crippen MR) is 72.4 cm³/mol. The number of nitrogens with zero attached hydrogens (tertiary/aromatic N) is 2. The number of ether oxygens (including phenoxy) is 2. The van der Waals surface area contributed by atoms with Gasteiger partial charge in [0.1, 0.15) is 5.69 Å². The van der Waals surface area contributed by atoms with Crippen LogP contribution in [0.4, 0.5) is 0 Å². The van der Waals surface area contributed by atoms with Gasteiger partial charge in [0, 0.05) is 32.0 Å². The van der Waals surface area contributed by atoms with E-state index in [4.69, 9.17) is 14.6 Å². The van der Waals surface area contributed by atoms with Gasteiger partial charge in [0.05, 0.1) is 14.2 Å². The van der Waals surface area contributed by atoms with Crippen LogP contribution in [-0.4, -0.2) is 48.9 Å². The molecule has 2 rings (SSSR count). The largest absolute Gasteiger partial charge is 0.493 e. The quantitative estimate of drug-likeness (QED) is 0.841. The standard InChI is InChI=1S/C14H22N2O3/c1-18-13-3-6-15-12(14(13)19-2)10-16-7-4-11(9-16)5-8-17/h3,6,11,17H,4-5,7-10H2,1-2H3. The highest BCUT2D eigenvalue weighted by atomic mass is 16.5. The second kappa shape index (κ2) is 6.73. The summed E-state index contributed by atoms with van der Waals surface area (Å²) in [6.07, 6.45) is 3.78. The van der Waals surface area contributed by atoms with E-state index in [-0.39, 0.29) is 6.61 Å². The number of pyridine rings is 1. The van der Waals surface area contributed by atoms with Gasteiger partial charge < -0.3 is 14.6 Å². The van der Waals surface area contributed by atoms with Crippen LogP contribution in [0.5, 0.6) is 11.5 Å². The van der Waals surface area contributed by atoms with Crippen molar-refractivity contribution in [2.75, 3.05) is 33.9 Å². The minimum atomic E-state index is 0.277. The molecular formula is C14H22N2O3. The van der Waals surface area contributed by atoms with E-state index in [1.54, 1.807) is 26.5 Å². The second-order valence-corrected chi connectivity index (χ2v) is 4.90. The predicted octanol–water partition coefficient (Wildman–Crippen LogP) is 1.30. The first-order valence-corrected chi connectivity index (χ1v) is 6.67. The van der Waals surface area contributed by atoms with E-state index in [1.165, 1.54) is 0 Å². The Kier molecular flexibility index (Phi) is 4.99. The van der Waals surface area contributed by atoms with Gasteiger partial charge in [-0.25, -0.2) is 0 Å². The van der Waals surface area contributed by atoms with Crippen molar-refractivity contribution in [2.45, 2.75) is 19.4 Å². The molecule has 106 valence electrons. The van der Waals surface area contributed by atoms with Crippen molar-refractivity contribution >= 4 is 0 Å². The smallest absolute Gasteiger partial charge is 0.183 e. The summed E-state index contributed by atoms with van der Waals surface area (Å²) in [5.41, 5.74) is 0.909. The first-order valence-electron chi connectivity index (χ1n) is 6.67. The third-order valence-electron chi connectivity index (χ3n) is 3.65. The maximum absolute atomic E-state index is 8.99. The molecule has 1 atom stereocenters. The number of hydrogen-bond acceptors (Lipinski definition) is 5. The lowest BCUT2D eigenvalue weighted by atomic mass is 10.1. The average Bonchev–Trinajstić information content (AvgIpc) is 2.86. The van der Waals surface area contributed by atoms with E-state index in [2.05, 4.69) is 9.88 Å². The first kappa shape index (κ1) is 14.1. The van der Waals surface area contributed by atoms with Crippen LogP contribution in [0.2, 0.25) is 0 Å². The molecule has 5 heteroatoms. The Morgan fingerprint density at radius 2 is 2.26 bits per heavy atom. The van der Waals surface area contributed by atoms with Gasteiger partial charge in [-0.1, -0.05) is 0 Å². The van der Waals surface area contributed by atoms with Crippen molar-refractivity contribution in [3.05, 3.63) is 18.0 Å². The van der Waals surface area contributed by atoms with Gasteiger partial charge in [-0.05, 0) is 25.3 Å². The molecular weight excluding hydrogens is 244 g/mol. The van der Waals surface area contributed by atoms with E-state index in [9.17, 15) is 0 Å². The molecule has 1 aromatic rings. The molecule has 2 heterocycles. The van der Waals surface area contributed by atoms with Gasteiger partial charge in [-0.15, -0.1) is 0 Å². The number of likely N-dealkylation sites (tertiary alicyclic amines) is 1. The summed E-state index contributed by atoms with van der Waals surface area (Å²) < 4.78 is 10.7. The van der Waals surface area contributed by atoms with Crippen molar-refractivity contribution in [1.29, 1.82) is 0 Å². The van der Waals surface area contributed by atoms with Crippen LogP contribution in [0.3, 0.4) is 0 Å². The topological polar surface area (TPSA) is 54.8 Å². The summed E-state index contributed by atoms with van der Waals surface area (Å²) in [7, 11) is 3.27. The fraction of sp³-hybridized carbons (Fsp3) is 0.643. The van der Waals surface area contributed by atoms with E-state index in [0.29, 0.717) is 5.92 Å². The number of hydrogen-bond donors (Lipinski definition) is 1. The molecule has 1 aliphatic rings. The minimum absolute atomic E-state index is 0.277. The number of aliphatic hydroxyl groups excluding tert-OH is 1. The summed E-state index contributed by atoms with van der Waals surface area (Å²) in [6.45, 7) is 3.11. The van der Waals surface area contributed by atoms with Gasteiger partial charge in [-0.2, -0.15) is 0 Å². The third-order valence-corrected chi connectivity index (χ3v) is 3.65. The Bertz CT molecular complexity index is 412. The van der Waals surface area contributed by atoms with Crippen LogP contribution in [0.1, 0.15) is 18.5 Å². The number of aromatic nitrogens is 1. The minimum Gasteiger partial charge on any atom is -0.493 e. The van der Waals surface area contributed by atoms with Crippen LogP contribution in [0.25, 0.3) is 0 Å². The van der Waals surface area contributed by atoms with Crippen molar-refractivity contribution < 1.29 is 14.6 Å². The molecule has 0 amide bonds. The molecule has 0 spiro atoms. The normalized spacial score (nSPS) is 19.6. The zero-order valence-corrected chi connectivity index (χ0v) is 11.6. The number of rotatable bonds is 6. The van der Waals surface area contributed by atoms with Gasteiger partial charge in [0.15, 0.2) is 11.5 Å². The van der Waals surface area contributed by atoms with Crippen LogP contribution in [0, 0.1) is 5.92 Å². The molecule has 19 heavy (non-hydrogen) atoms. The van der Waals surface area contributed by atoms with E-state index < -0.39 is 0 Å². The molecule has 1 aliphatic heterocycles. The van der Waals surface area contributed by atoms with Gasteiger partial charge >= 0.3 is 0 Å². The Morgan fingerprint density at radius 1 is 1.42 bits per heavy atom. The third kappa shape index (κ3) is 3.36. The fourth-order valence-electron chi connectivity index (χ4n) is 2.65. The lowest BCUT2D eigenvalue weighted by Gasteiger charge is -2.18. The van der Waals surface area contributed by atoms with Gasteiger partial charge in [0.2, 0.25) is 0 Å². The molecule has 0 aliphatic carbocycles. The summed E-state index contributed by atoms with van der Waals surface area (Å²) in [6, 6.07) is 1.81. The lowest BCUT2D eigenvalue weighted by molar-refractivity contribution is 0.247. The second-order valence-electron chi connectivity index (χ2n) is 4.90. The fourth-order valence-corrected chi connectivity index (χ4v) is 2.65. The van der Waals surface area contributed by atoms with Crippen LogP contribution in [-0.2, 0) is 6.54 Å². The summed E-state index contributed by atoms with van der Waals surface area (Å²) in [5.74, 6) is 2.04. The Morgan fingerprint density at radius 3 is 2.95 bits per heavy atom. The molecule has 1 fully saturated rings. The maximum atomic E-state index is 8.99. The highest BCUT2D eigenvalue weighted by Crippen LogP contribution is 2.31. The molecule has 1 saturated heterocycles. The molecule has 1 N–H and O–H groups in total. The van der Waals surface area contributed by atoms with Gasteiger partial charge in [-0.3, -0.25) is 9.88 Å². The van der Waals surface area contributed by atoms with Crippen molar-refractivity contribution in [3.63, 3.8) is 0 Å². The Balaban J connectivity index is 2.03. The van der Waals surface area contributed by atoms with E-state index in [1.807, 2.05) is 0 Å². The van der Waals surface area contributed by atoms with E-state index in [0.717, 1.165) is 49.7 Å². The average molecular weight is 266 g/mol. The molecule has 0 bridgehead atoms. The molecule has 0 saturated carbocycles. The molecule has 1 aromatic heterocycles. The van der Waals surface area contributed by atoms with Crippen molar-refractivity contribution in [2.24, 2.45) is 5.92 Å². The van der Waals surface area contributed by atoms with Crippen molar-refractivity contribution in [1.82, 2.24) is 9.88 Å². The highest BCUT2D eigenvalue weighted by molar-refractivity contribution is 5.42. The zero-order valence-electron chi connectivity index (χ0n) is 11.6. The summed E-state index contributed by atoms with van der Waals surface area (Å²) >= 11 is 0.